The molecule has 2 aromatic carbocycles. The fraction of sp³-hybridized carbons (Fsp3) is 0.350. The Bertz CT molecular complexity index is 666. The third-order valence-electron chi connectivity index (χ3n) is 3.80. The van der Waals surface area contributed by atoms with Gasteiger partial charge in [-0.05, 0) is 49.6 Å². The number of nitrogens with one attached hydrogen (secondary N) is 2. The van der Waals surface area contributed by atoms with E-state index in [0.717, 1.165) is 17.1 Å². The van der Waals surface area contributed by atoms with Crippen LogP contribution in [0, 0.1) is 0 Å². The maximum absolute atomic E-state index is 12.4. The van der Waals surface area contributed by atoms with Crippen molar-refractivity contribution < 1.29 is 9.53 Å². The van der Waals surface area contributed by atoms with Gasteiger partial charge in [0, 0.05) is 5.69 Å². The van der Waals surface area contributed by atoms with Crippen molar-refractivity contribution in [3.8, 4) is 5.75 Å². The van der Waals surface area contributed by atoms with Gasteiger partial charge in [0.05, 0.1) is 12.3 Å². The minimum atomic E-state index is -0.378. The molecule has 24 heavy (non-hydrogen) atoms. The number of anilines is 2. The summed E-state index contributed by atoms with van der Waals surface area (Å²) in [6.45, 7) is 8.65. The van der Waals surface area contributed by atoms with Crippen molar-refractivity contribution in [3.05, 3.63) is 54.1 Å². The number of para-hydroxylation sites is 2. The van der Waals surface area contributed by atoms with Crippen molar-refractivity contribution in [3.63, 3.8) is 0 Å². The molecule has 0 spiro atoms. The number of carbonyl (C=O) groups is 1. The molecule has 0 radical (unpaired) electrons. The van der Waals surface area contributed by atoms with E-state index in [1.165, 1.54) is 5.56 Å². The Hall–Kier alpha value is -2.49. The summed E-state index contributed by atoms with van der Waals surface area (Å²) >= 11 is 0. The number of benzene rings is 2. The van der Waals surface area contributed by atoms with Crippen LogP contribution in [0.3, 0.4) is 0 Å². The molecule has 2 rings (SSSR count). The van der Waals surface area contributed by atoms with E-state index in [1.54, 1.807) is 0 Å². The molecule has 4 heteroatoms. The first-order chi connectivity index (χ1) is 11.5. The van der Waals surface area contributed by atoms with Gasteiger partial charge in [-0.1, -0.05) is 38.1 Å². The standard InChI is InChI=1S/C20H26N2O2/c1-5-24-19-9-7-6-8-18(19)21-15(4)20(23)22-17-12-10-16(11-13-17)14(2)3/h6-15,21H,5H2,1-4H3,(H,22,23)/t15-/m1/s1. The second-order valence-corrected chi connectivity index (χ2v) is 6.06. The van der Waals surface area contributed by atoms with Crippen molar-refractivity contribution in [1.29, 1.82) is 0 Å². The first-order valence-electron chi connectivity index (χ1n) is 8.40. The van der Waals surface area contributed by atoms with Crippen LogP contribution in [-0.2, 0) is 4.79 Å². The van der Waals surface area contributed by atoms with Crippen LogP contribution in [0.2, 0.25) is 0 Å². The first-order valence-corrected chi connectivity index (χ1v) is 8.40. The second-order valence-electron chi connectivity index (χ2n) is 6.06. The fourth-order valence-electron chi connectivity index (χ4n) is 2.37. The minimum absolute atomic E-state index is 0.0846. The topological polar surface area (TPSA) is 50.4 Å². The number of hydrogen-bond acceptors (Lipinski definition) is 3. The molecule has 1 amide bonds. The Morgan fingerprint density at radius 2 is 1.71 bits per heavy atom. The molecule has 0 bridgehead atoms. The van der Waals surface area contributed by atoms with Gasteiger partial charge in [-0.25, -0.2) is 0 Å². The molecule has 4 nitrogen and oxygen atoms in total. The van der Waals surface area contributed by atoms with Gasteiger partial charge in [0.25, 0.3) is 0 Å². The second kappa shape index (κ2) is 8.39. The fourth-order valence-corrected chi connectivity index (χ4v) is 2.37. The van der Waals surface area contributed by atoms with E-state index in [4.69, 9.17) is 4.74 Å². The van der Waals surface area contributed by atoms with Crippen LogP contribution in [-0.4, -0.2) is 18.6 Å². The van der Waals surface area contributed by atoms with Gasteiger partial charge in [-0.2, -0.15) is 0 Å². The summed E-state index contributed by atoms with van der Waals surface area (Å²) in [6.07, 6.45) is 0. The average molecular weight is 326 g/mol. The minimum Gasteiger partial charge on any atom is -0.492 e. The number of hydrogen-bond donors (Lipinski definition) is 2. The van der Waals surface area contributed by atoms with Crippen LogP contribution >= 0.6 is 0 Å². The monoisotopic (exact) mass is 326 g/mol. The van der Waals surface area contributed by atoms with Gasteiger partial charge in [0.2, 0.25) is 5.91 Å². The first kappa shape index (κ1) is 17.9. The molecular formula is C20H26N2O2. The lowest BCUT2D eigenvalue weighted by atomic mass is 10.0. The highest BCUT2D eigenvalue weighted by atomic mass is 16.5. The quantitative estimate of drug-likeness (QED) is 0.779. The highest BCUT2D eigenvalue weighted by Gasteiger charge is 2.15. The van der Waals surface area contributed by atoms with Crippen LogP contribution < -0.4 is 15.4 Å². The SMILES string of the molecule is CCOc1ccccc1N[C@H](C)C(=O)Nc1ccc(C(C)C)cc1. The molecule has 1 atom stereocenters. The number of amides is 1. The lowest BCUT2D eigenvalue weighted by Crippen LogP contribution is -2.32. The summed E-state index contributed by atoms with van der Waals surface area (Å²) in [4.78, 5) is 12.4. The molecule has 0 aliphatic heterocycles. The normalized spacial score (nSPS) is 11.9. The van der Waals surface area contributed by atoms with Gasteiger partial charge in [-0.15, -0.1) is 0 Å². The molecular weight excluding hydrogens is 300 g/mol. The highest BCUT2D eigenvalue weighted by Crippen LogP contribution is 2.24. The van der Waals surface area contributed by atoms with Crippen molar-refractivity contribution in [2.75, 3.05) is 17.2 Å². The molecule has 0 aromatic heterocycles. The number of rotatable bonds is 7. The third-order valence-corrected chi connectivity index (χ3v) is 3.80. The number of carbonyl (C=O) groups excluding carboxylic acids is 1. The van der Waals surface area contributed by atoms with E-state index < -0.39 is 0 Å². The predicted octanol–water partition coefficient (Wildman–Crippen LogP) is 4.65. The number of ether oxygens (including phenoxy) is 1. The molecule has 0 fully saturated rings. The zero-order valence-electron chi connectivity index (χ0n) is 14.8. The Labute approximate surface area is 144 Å². The highest BCUT2D eigenvalue weighted by molar-refractivity contribution is 5.96. The molecule has 0 heterocycles. The zero-order chi connectivity index (χ0) is 17.5. The van der Waals surface area contributed by atoms with E-state index >= 15 is 0 Å². The Morgan fingerprint density at radius 3 is 2.33 bits per heavy atom. The smallest absolute Gasteiger partial charge is 0.246 e. The Kier molecular flexibility index (Phi) is 6.24. The lowest BCUT2D eigenvalue weighted by Gasteiger charge is -2.18. The van der Waals surface area contributed by atoms with Crippen LogP contribution in [0.1, 0.15) is 39.2 Å². The third kappa shape index (κ3) is 4.75. The average Bonchev–Trinajstić information content (AvgIpc) is 2.57. The van der Waals surface area contributed by atoms with Gasteiger partial charge in [0.1, 0.15) is 11.8 Å². The van der Waals surface area contributed by atoms with Gasteiger partial charge >= 0.3 is 0 Å². The van der Waals surface area contributed by atoms with Crippen molar-refractivity contribution in [2.24, 2.45) is 0 Å². The van der Waals surface area contributed by atoms with Crippen molar-refractivity contribution in [2.45, 2.75) is 39.7 Å². The van der Waals surface area contributed by atoms with E-state index in [9.17, 15) is 4.79 Å². The van der Waals surface area contributed by atoms with Crippen LogP contribution in [0.4, 0.5) is 11.4 Å². The maximum Gasteiger partial charge on any atom is 0.246 e. The van der Waals surface area contributed by atoms with E-state index in [-0.39, 0.29) is 11.9 Å². The lowest BCUT2D eigenvalue weighted by molar-refractivity contribution is -0.116. The van der Waals surface area contributed by atoms with E-state index in [2.05, 4.69) is 24.5 Å². The van der Waals surface area contributed by atoms with Crippen LogP contribution in [0.5, 0.6) is 5.75 Å². The Morgan fingerprint density at radius 1 is 1.04 bits per heavy atom. The van der Waals surface area contributed by atoms with Gasteiger partial charge < -0.3 is 15.4 Å². The summed E-state index contributed by atoms with van der Waals surface area (Å²) in [7, 11) is 0. The summed E-state index contributed by atoms with van der Waals surface area (Å²) in [5, 5.41) is 6.15. The zero-order valence-corrected chi connectivity index (χ0v) is 14.8. The maximum atomic E-state index is 12.4. The van der Waals surface area contributed by atoms with E-state index in [1.807, 2.05) is 62.4 Å². The molecule has 0 aliphatic carbocycles. The Balaban J connectivity index is 1.99. The summed E-state index contributed by atoms with van der Waals surface area (Å²) in [6, 6.07) is 15.2. The van der Waals surface area contributed by atoms with Crippen LogP contribution in [0.25, 0.3) is 0 Å². The molecule has 2 aromatic rings. The molecule has 0 saturated heterocycles. The summed E-state index contributed by atoms with van der Waals surface area (Å²) in [5.41, 5.74) is 2.87. The van der Waals surface area contributed by atoms with Crippen LogP contribution in [0.15, 0.2) is 48.5 Å². The summed E-state index contributed by atoms with van der Waals surface area (Å²) in [5.74, 6) is 1.14. The van der Waals surface area contributed by atoms with Gasteiger partial charge in [-0.3, -0.25) is 4.79 Å². The van der Waals surface area contributed by atoms with Crippen molar-refractivity contribution in [1.82, 2.24) is 0 Å². The van der Waals surface area contributed by atoms with Gasteiger partial charge in [0.15, 0.2) is 0 Å². The largest absolute Gasteiger partial charge is 0.492 e. The van der Waals surface area contributed by atoms with E-state index in [0.29, 0.717) is 12.5 Å². The molecule has 0 unspecified atom stereocenters. The molecule has 2 N–H and O–H groups in total. The van der Waals surface area contributed by atoms with Crippen molar-refractivity contribution >= 4 is 17.3 Å². The molecule has 0 aliphatic rings. The summed E-state index contributed by atoms with van der Waals surface area (Å²) < 4.78 is 5.58. The molecule has 128 valence electrons. The molecule has 0 saturated carbocycles. The predicted molar refractivity (Wildman–Crippen MR) is 99.9 cm³/mol.